The summed E-state index contributed by atoms with van der Waals surface area (Å²) in [4.78, 5) is 0. The summed E-state index contributed by atoms with van der Waals surface area (Å²) in [5, 5.41) is 11.4. The van der Waals surface area contributed by atoms with Crippen LogP contribution in [0.4, 0.5) is 5.69 Å². The van der Waals surface area contributed by atoms with E-state index in [4.69, 9.17) is 4.42 Å². The number of hydrogen-bond donors (Lipinski definition) is 1. The summed E-state index contributed by atoms with van der Waals surface area (Å²) in [5.41, 5.74) is 3.07. The molecule has 3 rings (SSSR count). The van der Waals surface area contributed by atoms with Crippen molar-refractivity contribution in [2.24, 2.45) is 0 Å². The van der Waals surface area contributed by atoms with Gasteiger partial charge in [-0.05, 0) is 23.8 Å². The predicted molar refractivity (Wildman–Crippen MR) is 85.9 cm³/mol. The number of nitrogens with one attached hydrogen (secondary N) is 1. The van der Waals surface area contributed by atoms with Crippen molar-refractivity contribution in [3.63, 3.8) is 0 Å². The van der Waals surface area contributed by atoms with Gasteiger partial charge in [-0.25, -0.2) is 0 Å². The van der Waals surface area contributed by atoms with Crippen molar-refractivity contribution < 1.29 is 4.42 Å². The van der Waals surface area contributed by atoms with Crippen LogP contribution in [0.15, 0.2) is 57.4 Å². The Morgan fingerprint density at radius 1 is 1.05 bits per heavy atom. The molecule has 0 saturated carbocycles. The molecule has 3 aromatic rings. The highest BCUT2D eigenvalue weighted by atomic mass is 79.9. The van der Waals surface area contributed by atoms with Crippen LogP contribution in [0.3, 0.4) is 0 Å². The topological polar surface area (TPSA) is 51.0 Å². The molecule has 0 atom stereocenters. The number of rotatable bonds is 4. The van der Waals surface area contributed by atoms with Crippen molar-refractivity contribution in [2.45, 2.75) is 13.5 Å². The van der Waals surface area contributed by atoms with E-state index in [1.165, 1.54) is 5.56 Å². The van der Waals surface area contributed by atoms with Crippen LogP contribution >= 0.6 is 15.9 Å². The van der Waals surface area contributed by atoms with E-state index in [-0.39, 0.29) is 0 Å². The predicted octanol–water partition coefficient (Wildman–Crippen LogP) is 4.42. The molecule has 2 aromatic carbocycles. The van der Waals surface area contributed by atoms with Crippen LogP contribution in [-0.2, 0) is 6.54 Å². The van der Waals surface area contributed by atoms with Crippen LogP contribution in [0.5, 0.6) is 0 Å². The van der Waals surface area contributed by atoms with E-state index >= 15 is 0 Å². The van der Waals surface area contributed by atoms with Gasteiger partial charge in [-0.1, -0.05) is 46.3 Å². The van der Waals surface area contributed by atoms with Gasteiger partial charge in [-0.2, -0.15) is 0 Å². The Kier molecular flexibility index (Phi) is 4.01. The molecule has 1 aromatic heterocycles. The molecule has 5 heteroatoms. The monoisotopic (exact) mass is 343 g/mol. The van der Waals surface area contributed by atoms with Crippen LogP contribution in [0.25, 0.3) is 11.5 Å². The summed E-state index contributed by atoms with van der Waals surface area (Å²) >= 11 is 3.56. The van der Waals surface area contributed by atoms with Crippen molar-refractivity contribution in [3.8, 4) is 11.5 Å². The van der Waals surface area contributed by atoms with E-state index in [1.807, 2.05) is 42.5 Å². The summed E-state index contributed by atoms with van der Waals surface area (Å²) in [6, 6.07) is 16.0. The lowest BCUT2D eigenvalue weighted by atomic mass is 10.1. The van der Waals surface area contributed by atoms with Gasteiger partial charge in [0.1, 0.15) is 0 Å². The molecule has 21 heavy (non-hydrogen) atoms. The van der Waals surface area contributed by atoms with Crippen LogP contribution < -0.4 is 5.32 Å². The summed E-state index contributed by atoms with van der Waals surface area (Å²) < 4.78 is 6.60. The minimum absolute atomic E-state index is 0.530. The molecule has 0 aliphatic carbocycles. The largest absolute Gasteiger partial charge is 0.421 e. The zero-order valence-corrected chi connectivity index (χ0v) is 13.1. The molecular weight excluding hydrogens is 330 g/mol. The van der Waals surface area contributed by atoms with E-state index in [9.17, 15) is 0 Å². The SMILES string of the molecule is Cc1nnc(-c2ccccc2NCc2ccccc2Br)o1. The molecule has 4 nitrogen and oxygen atoms in total. The second-order valence-electron chi connectivity index (χ2n) is 4.62. The Morgan fingerprint density at radius 3 is 2.57 bits per heavy atom. The molecule has 0 fully saturated rings. The van der Waals surface area contributed by atoms with Crippen LogP contribution in [0.1, 0.15) is 11.5 Å². The van der Waals surface area contributed by atoms with Crippen molar-refractivity contribution in [1.82, 2.24) is 10.2 Å². The molecule has 0 amide bonds. The van der Waals surface area contributed by atoms with Crippen LogP contribution in [-0.4, -0.2) is 10.2 Å². The lowest BCUT2D eigenvalue weighted by molar-refractivity contribution is 0.533. The highest BCUT2D eigenvalue weighted by molar-refractivity contribution is 9.10. The lowest BCUT2D eigenvalue weighted by Crippen LogP contribution is -2.01. The van der Waals surface area contributed by atoms with Gasteiger partial charge in [0.05, 0.1) is 5.56 Å². The van der Waals surface area contributed by atoms with E-state index < -0.39 is 0 Å². The molecule has 0 bridgehead atoms. The lowest BCUT2D eigenvalue weighted by Gasteiger charge is -2.10. The fourth-order valence-electron chi connectivity index (χ4n) is 2.06. The van der Waals surface area contributed by atoms with E-state index in [1.54, 1.807) is 6.92 Å². The van der Waals surface area contributed by atoms with Gasteiger partial charge in [0.25, 0.3) is 0 Å². The van der Waals surface area contributed by atoms with Crippen molar-refractivity contribution in [1.29, 1.82) is 0 Å². The Labute approximate surface area is 131 Å². The van der Waals surface area contributed by atoms with Gasteiger partial charge < -0.3 is 9.73 Å². The standard InChI is InChI=1S/C16H14BrN3O/c1-11-19-20-16(21-11)13-7-3-5-9-15(13)18-10-12-6-2-4-8-14(12)17/h2-9,18H,10H2,1H3. The fourth-order valence-corrected chi connectivity index (χ4v) is 2.49. The quantitative estimate of drug-likeness (QED) is 0.761. The van der Waals surface area contributed by atoms with Gasteiger partial charge in [0.15, 0.2) is 0 Å². The minimum atomic E-state index is 0.530. The Hall–Kier alpha value is -2.14. The van der Waals surface area contributed by atoms with Crippen LogP contribution in [0, 0.1) is 6.92 Å². The molecule has 0 aliphatic heterocycles. The fraction of sp³-hybridized carbons (Fsp3) is 0.125. The summed E-state index contributed by atoms with van der Waals surface area (Å²) in [5.74, 6) is 1.09. The second-order valence-corrected chi connectivity index (χ2v) is 5.47. The first-order valence-electron chi connectivity index (χ1n) is 6.61. The van der Waals surface area contributed by atoms with E-state index in [2.05, 4.69) is 37.5 Å². The zero-order valence-electron chi connectivity index (χ0n) is 11.5. The summed E-state index contributed by atoms with van der Waals surface area (Å²) in [7, 11) is 0. The van der Waals surface area contributed by atoms with Crippen molar-refractivity contribution in [3.05, 3.63) is 64.5 Å². The zero-order chi connectivity index (χ0) is 14.7. The molecule has 0 saturated heterocycles. The Morgan fingerprint density at radius 2 is 1.81 bits per heavy atom. The molecule has 0 spiro atoms. The van der Waals surface area contributed by atoms with Gasteiger partial charge in [0.2, 0.25) is 11.8 Å². The number of halogens is 1. The first kappa shape index (κ1) is 13.8. The van der Waals surface area contributed by atoms with Crippen molar-refractivity contribution in [2.75, 3.05) is 5.32 Å². The van der Waals surface area contributed by atoms with Gasteiger partial charge in [-0.15, -0.1) is 10.2 Å². The normalized spacial score (nSPS) is 10.6. The highest BCUT2D eigenvalue weighted by Gasteiger charge is 2.10. The smallest absolute Gasteiger partial charge is 0.249 e. The molecule has 0 unspecified atom stereocenters. The maximum atomic E-state index is 5.51. The maximum absolute atomic E-state index is 5.51. The molecule has 0 radical (unpaired) electrons. The third-order valence-corrected chi connectivity index (χ3v) is 3.88. The highest BCUT2D eigenvalue weighted by Crippen LogP contribution is 2.27. The number of aromatic nitrogens is 2. The Balaban J connectivity index is 1.85. The summed E-state index contributed by atoms with van der Waals surface area (Å²) in [6.07, 6.45) is 0. The average molecular weight is 344 g/mol. The van der Waals surface area contributed by atoms with Gasteiger partial charge >= 0.3 is 0 Å². The van der Waals surface area contributed by atoms with Gasteiger partial charge in [0, 0.05) is 23.6 Å². The van der Waals surface area contributed by atoms with E-state index in [0.29, 0.717) is 18.3 Å². The maximum Gasteiger partial charge on any atom is 0.249 e. The van der Waals surface area contributed by atoms with Crippen molar-refractivity contribution >= 4 is 21.6 Å². The number of anilines is 1. The second kappa shape index (κ2) is 6.10. The number of aryl methyl sites for hydroxylation is 1. The third-order valence-electron chi connectivity index (χ3n) is 3.11. The average Bonchev–Trinajstić information content (AvgIpc) is 2.93. The molecule has 106 valence electrons. The van der Waals surface area contributed by atoms with E-state index in [0.717, 1.165) is 15.7 Å². The van der Waals surface area contributed by atoms with Gasteiger partial charge in [-0.3, -0.25) is 0 Å². The molecular formula is C16H14BrN3O. The molecule has 0 aliphatic rings. The molecule has 1 heterocycles. The number of benzene rings is 2. The number of hydrogen-bond acceptors (Lipinski definition) is 4. The number of para-hydroxylation sites is 1. The minimum Gasteiger partial charge on any atom is -0.421 e. The Bertz CT molecular complexity index is 755. The number of nitrogens with zero attached hydrogens (tertiary/aromatic N) is 2. The first-order chi connectivity index (χ1) is 10.2. The summed E-state index contributed by atoms with van der Waals surface area (Å²) in [6.45, 7) is 2.50. The molecule has 1 N–H and O–H groups in total. The third kappa shape index (κ3) is 3.13. The van der Waals surface area contributed by atoms with Crippen LogP contribution in [0.2, 0.25) is 0 Å². The first-order valence-corrected chi connectivity index (χ1v) is 7.40.